The van der Waals surface area contributed by atoms with Gasteiger partial charge in [0.15, 0.2) is 0 Å². The van der Waals surface area contributed by atoms with Gasteiger partial charge in [-0.3, -0.25) is 4.79 Å². The highest BCUT2D eigenvalue weighted by atomic mass is 32.2. The molecule has 3 rings (SSSR count). The number of nitrogens with zero attached hydrogens (tertiary/aromatic N) is 2. The number of carbonyl (C=O) groups excluding carboxylic acids is 1. The standard InChI is InChI=1S/C18H26FN3O4S/c1-27(24,25)21-8-4-14-5-11-26-18(12-14)6-9-22(10-7-18)17(23)16-3-2-15(19)13-20-16/h2-3,13-14,21H,4-12H2,1H3. The van der Waals surface area contributed by atoms with Gasteiger partial charge in [0.1, 0.15) is 11.5 Å². The topological polar surface area (TPSA) is 88.6 Å². The summed E-state index contributed by atoms with van der Waals surface area (Å²) in [6, 6.07) is 2.65. The van der Waals surface area contributed by atoms with E-state index in [0.717, 1.165) is 38.3 Å². The Bertz CT molecular complexity index is 761. The second-order valence-corrected chi connectivity index (χ2v) is 9.33. The fourth-order valence-electron chi connectivity index (χ4n) is 3.95. The number of halogens is 1. The van der Waals surface area contributed by atoms with Crippen molar-refractivity contribution in [2.75, 3.05) is 32.5 Å². The summed E-state index contributed by atoms with van der Waals surface area (Å²) in [4.78, 5) is 18.1. The molecule has 27 heavy (non-hydrogen) atoms. The molecule has 2 fully saturated rings. The van der Waals surface area contributed by atoms with Crippen LogP contribution in [0.1, 0.15) is 42.6 Å². The van der Waals surface area contributed by atoms with E-state index in [9.17, 15) is 17.6 Å². The first-order chi connectivity index (χ1) is 12.8. The van der Waals surface area contributed by atoms with Crippen LogP contribution in [-0.4, -0.2) is 62.3 Å². The number of hydrogen-bond acceptors (Lipinski definition) is 5. The molecule has 150 valence electrons. The van der Waals surface area contributed by atoms with E-state index in [1.807, 2.05) is 0 Å². The Hall–Kier alpha value is -1.58. The van der Waals surface area contributed by atoms with Gasteiger partial charge in [-0.2, -0.15) is 0 Å². The van der Waals surface area contributed by atoms with Crippen LogP contribution in [0.4, 0.5) is 4.39 Å². The van der Waals surface area contributed by atoms with Gasteiger partial charge in [-0.05, 0) is 50.2 Å². The molecule has 1 amide bonds. The SMILES string of the molecule is CS(=O)(=O)NCCC1CCOC2(CCN(C(=O)c3ccc(F)cn3)CC2)C1. The number of amides is 1. The van der Waals surface area contributed by atoms with Crippen molar-refractivity contribution in [3.63, 3.8) is 0 Å². The minimum atomic E-state index is -3.16. The average molecular weight is 399 g/mol. The van der Waals surface area contributed by atoms with Gasteiger partial charge in [-0.25, -0.2) is 22.5 Å². The smallest absolute Gasteiger partial charge is 0.272 e. The predicted octanol–water partition coefficient (Wildman–Crippen LogP) is 1.56. The number of carbonyl (C=O) groups is 1. The molecule has 0 aliphatic carbocycles. The van der Waals surface area contributed by atoms with E-state index >= 15 is 0 Å². The van der Waals surface area contributed by atoms with Crippen LogP contribution < -0.4 is 4.72 Å². The monoisotopic (exact) mass is 399 g/mol. The summed E-state index contributed by atoms with van der Waals surface area (Å²) in [5.41, 5.74) is 0.0164. The van der Waals surface area contributed by atoms with E-state index in [4.69, 9.17) is 4.74 Å². The molecule has 2 saturated heterocycles. The normalized spacial score (nSPS) is 22.7. The Morgan fingerprint density at radius 3 is 2.78 bits per heavy atom. The van der Waals surface area contributed by atoms with E-state index in [1.165, 1.54) is 18.4 Å². The molecule has 1 aromatic rings. The molecule has 7 nitrogen and oxygen atoms in total. The minimum absolute atomic E-state index is 0.186. The number of ether oxygens (including phenoxy) is 1. The van der Waals surface area contributed by atoms with Crippen molar-refractivity contribution in [1.82, 2.24) is 14.6 Å². The zero-order valence-electron chi connectivity index (χ0n) is 15.5. The van der Waals surface area contributed by atoms with Gasteiger partial charge >= 0.3 is 0 Å². The Balaban J connectivity index is 1.52. The van der Waals surface area contributed by atoms with Crippen molar-refractivity contribution < 1.29 is 22.3 Å². The Labute approximate surface area is 159 Å². The molecule has 3 heterocycles. The third kappa shape index (κ3) is 5.46. The van der Waals surface area contributed by atoms with Crippen LogP contribution in [-0.2, 0) is 14.8 Å². The molecular weight excluding hydrogens is 373 g/mol. The second-order valence-electron chi connectivity index (χ2n) is 7.50. The highest BCUT2D eigenvalue weighted by Crippen LogP contribution is 2.38. The van der Waals surface area contributed by atoms with Gasteiger partial charge in [0.2, 0.25) is 10.0 Å². The summed E-state index contributed by atoms with van der Waals surface area (Å²) in [6.45, 7) is 2.26. The third-order valence-corrected chi connectivity index (χ3v) is 6.15. The number of nitrogens with one attached hydrogen (secondary N) is 1. The number of pyridine rings is 1. The molecule has 1 atom stereocenters. The number of aromatic nitrogens is 1. The molecule has 0 radical (unpaired) electrons. The van der Waals surface area contributed by atoms with E-state index in [1.54, 1.807) is 4.90 Å². The lowest BCUT2D eigenvalue weighted by atomic mass is 9.78. The van der Waals surface area contributed by atoms with Crippen LogP contribution in [0, 0.1) is 11.7 Å². The van der Waals surface area contributed by atoms with E-state index < -0.39 is 15.8 Å². The lowest BCUT2D eigenvalue weighted by Gasteiger charge is -2.46. The quantitative estimate of drug-likeness (QED) is 0.812. The van der Waals surface area contributed by atoms with Crippen LogP contribution in [0.15, 0.2) is 18.3 Å². The minimum Gasteiger partial charge on any atom is -0.375 e. The summed E-state index contributed by atoms with van der Waals surface area (Å²) in [5.74, 6) is -0.236. The molecule has 1 N–H and O–H groups in total. The maximum atomic E-state index is 13.0. The predicted molar refractivity (Wildman–Crippen MR) is 98.2 cm³/mol. The number of rotatable bonds is 5. The fourth-order valence-corrected chi connectivity index (χ4v) is 4.44. The van der Waals surface area contributed by atoms with Gasteiger partial charge in [-0.15, -0.1) is 0 Å². The van der Waals surface area contributed by atoms with Crippen LogP contribution in [0.5, 0.6) is 0 Å². The first kappa shape index (κ1) is 20.2. The molecule has 0 bridgehead atoms. The zero-order valence-corrected chi connectivity index (χ0v) is 16.3. The first-order valence-corrected chi connectivity index (χ1v) is 11.1. The Morgan fingerprint density at radius 2 is 2.15 bits per heavy atom. The summed E-state index contributed by atoms with van der Waals surface area (Å²) in [7, 11) is -3.16. The van der Waals surface area contributed by atoms with E-state index in [-0.39, 0.29) is 17.2 Å². The van der Waals surface area contributed by atoms with Crippen LogP contribution in [0.2, 0.25) is 0 Å². The highest BCUT2D eigenvalue weighted by molar-refractivity contribution is 7.88. The van der Waals surface area contributed by atoms with E-state index in [2.05, 4.69) is 9.71 Å². The summed E-state index contributed by atoms with van der Waals surface area (Å²) >= 11 is 0. The maximum Gasteiger partial charge on any atom is 0.272 e. The van der Waals surface area contributed by atoms with Crippen molar-refractivity contribution in [2.24, 2.45) is 5.92 Å². The lowest BCUT2D eigenvalue weighted by molar-refractivity contribution is -0.124. The van der Waals surface area contributed by atoms with E-state index in [0.29, 0.717) is 32.2 Å². The largest absolute Gasteiger partial charge is 0.375 e. The van der Waals surface area contributed by atoms with Gasteiger partial charge < -0.3 is 9.64 Å². The molecule has 9 heteroatoms. The maximum absolute atomic E-state index is 13.0. The van der Waals surface area contributed by atoms with Crippen molar-refractivity contribution in [2.45, 2.75) is 37.7 Å². The summed E-state index contributed by atoms with van der Waals surface area (Å²) < 4.78 is 44.0. The van der Waals surface area contributed by atoms with Gasteiger partial charge in [0, 0.05) is 26.2 Å². The zero-order chi connectivity index (χ0) is 19.5. The first-order valence-electron chi connectivity index (χ1n) is 9.26. The Kier molecular flexibility index (Phi) is 6.12. The summed E-state index contributed by atoms with van der Waals surface area (Å²) in [6.07, 6.45) is 6.32. The number of sulfonamides is 1. The number of likely N-dealkylation sites (tertiary alicyclic amines) is 1. The van der Waals surface area contributed by atoms with Crippen molar-refractivity contribution >= 4 is 15.9 Å². The molecule has 1 spiro atoms. The van der Waals surface area contributed by atoms with Crippen LogP contribution in [0.3, 0.4) is 0 Å². The molecule has 2 aliphatic rings. The third-order valence-electron chi connectivity index (χ3n) is 5.42. The Morgan fingerprint density at radius 1 is 1.41 bits per heavy atom. The van der Waals surface area contributed by atoms with Gasteiger partial charge in [0.25, 0.3) is 5.91 Å². The fraction of sp³-hybridized carbons (Fsp3) is 0.667. The second kappa shape index (κ2) is 8.20. The molecule has 0 aromatic carbocycles. The highest BCUT2D eigenvalue weighted by Gasteiger charge is 2.41. The molecular formula is C18H26FN3O4S. The van der Waals surface area contributed by atoms with Crippen LogP contribution >= 0.6 is 0 Å². The van der Waals surface area contributed by atoms with Crippen molar-refractivity contribution in [3.8, 4) is 0 Å². The van der Waals surface area contributed by atoms with Crippen LogP contribution in [0.25, 0.3) is 0 Å². The number of piperidine rings is 1. The average Bonchev–Trinajstić information content (AvgIpc) is 2.62. The summed E-state index contributed by atoms with van der Waals surface area (Å²) in [5, 5.41) is 0. The van der Waals surface area contributed by atoms with Gasteiger partial charge in [-0.1, -0.05) is 0 Å². The van der Waals surface area contributed by atoms with Gasteiger partial charge in [0.05, 0.1) is 18.1 Å². The number of hydrogen-bond donors (Lipinski definition) is 1. The van der Waals surface area contributed by atoms with Crippen molar-refractivity contribution in [3.05, 3.63) is 29.8 Å². The molecule has 0 saturated carbocycles. The molecule has 1 unspecified atom stereocenters. The van der Waals surface area contributed by atoms with Crippen molar-refractivity contribution in [1.29, 1.82) is 0 Å². The lowest BCUT2D eigenvalue weighted by Crippen LogP contribution is -2.51. The molecule has 2 aliphatic heterocycles. The molecule has 1 aromatic heterocycles.